The van der Waals surface area contributed by atoms with Crippen LogP contribution in [0.2, 0.25) is 0 Å². The van der Waals surface area contributed by atoms with Gasteiger partial charge in [0, 0.05) is 16.4 Å². The summed E-state index contributed by atoms with van der Waals surface area (Å²) < 4.78 is 5.74. The van der Waals surface area contributed by atoms with E-state index in [1.165, 1.54) is 0 Å². The Labute approximate surface area is 67.4 Å². The maximum atomic E-state index is 10.6. The molecule has 0 saturated carbocycles. The lowest BCUT2D eigenvalue weighted by atomic mass is 10.2. The summed E-state index contributed by atoms with van der Waals surface area (Å²) in [6, 6.07) is 0. The second-order valence-corrected chi connectivity index (χ2v) is 2.87. The van der Waals surface area contributed by atoms with Crippen molar-refractivity contribution in [1.29, 1.82) is 0 Å². The van der Waals surface area contributed by atoms with Crippen LogP contribution in [0.15, 0.2) is 12.2 Å². The van der Waals surface area contributed by atoms with Crippen molar-refractivity contribution < 1.29 is 9.53 Å². The molecule has 0 amide bonds. The maximum Gasteiger partial charge on any atom is 0.333 e. The molecular weight excluding hydrogens is 231 g/mol. The molecule has 1 aliphatic rings. The molecule has 1 aliphatic heterocycles. The summed E-state index contributed by atoms with van der Waals surface area (Å²) in [5, 5.41) is 0. The van der Waals surface area contributed by atoms with Crippen LogP contribution in [0.4, 0.5) is 0 Å². The van der Waals surface area contributed by atoms with Gasteiger partial charge in [0.05, 0.1) is 0 Å². The minimum Gasteiger partial charge on any atom is -0.458 e. The Hall–Kier alpha value is -0.0600. The summed E-state index contributed by atoms with van der Waals surface area (Å²) in [5.41, 5.74) is 0.608. The van der Waals surface area contributed by atoms with Gasteiger partial charge in [-0.15, -0.1) is 0 Å². The van der Waals surface area contributed by atoms with Gasteiger partial charge in [-0.3, -0.25) is 0 Å². The van der Waals surface area contributed by atoms with E-state index in [0.29, 0.717) is 12.0 Å². The third-order valence-electron chi connectivity index (χ3n) is 1.21. The van der Waals surface area contributed by atoms with Gasteiger partial charge in [-0.05, 0) is 0 Å². The summed E-state index contributed by atoms with van der Waals surface area (Å²) in [6.45, 7) is 3.56. The minimum absolute atomic E-state index is 0.0885. The number of cyclic esters (lactones) is 1. The molecule has 0 aromatic rings. The molecule has 0 spiro atoms. The molecule has 1 unspecified atom stereocenters. The average molecular weight is 238 g/mol. The average Bonchev–Trinajstić information content (AvgIpc) is 2.13. The molecule has 50 valence electrons. The molecule has 1 rings (SSSR count). The van der Waals surface area contributed by atoms with E-state index in [-0.39, 0.29) is 12.1 Å². The van der Waals surface area contributed by atoms with Gasteiger partial charge in [0.1, 0.15) is 6.10 Å². The number of ether oxygens (including phenoxy) is 1. The molecule has 0 bridgehead atoms. The largest absolute Gasteiger partial charge is 0.458 e. The standard InChI is InChI=1S/C6H7IO2/c1-4-2-5(3-7)9-6(4)8/h5H,1-3H2. The van der Waals surface area contributed by atoms with Gasteiger partial charge in [0.2, 0.25) is 0 Å². The molecule has 0 aromatic carbocycles. The highest BCUT2D eigenvalue weighted by atomic mass is 127. The Balaban J connectivity index is 2.54. The first-order valence-electron chi connectivity index (χ1n) is 2.68. The monoisotopic (exact) mass is 238 g/mol. The molecular formula is C6H7IO2. The van der Waals surface area contributed by atoms with Crippen LogP contribution in [0.3, 0.4) is 0 Å². The van der Waals surface area contributed by atoms with Crippen molar-refractivity contribution in [2.45, 2.75) is 12.5 Å². The zero-order chi connectivity index (χ0) is 6.85. The van der Waals surface area contributed by atoms with Gasteiger partial charge >= 0.3 is 5.97 Å². The van der Waals surface area contributed by atoms with Crippen LogP contribution in [0.5, 0.6) is 0 Å². The quantitative estimate of drug-likeness (QED) is 0.298. The molecule has 0 aromatic heterocycles. The summed E-state index contributed by atoms with van der Waals surface area (Å²) in [4.78, 5) is 10.6. The number of carbonyl (C=O) groups is 1. The van der Waals surface area contributed by atoms with E-state index in [1.54, 1.807) is 0 Å². The zero-order valence-corrected chi connectivity index (χ0v) is 7.05. The first kappa shape index (κ1) is 7.05. The number of rotatable bonds is 1. The van der Waals surface area contributed by atoms with Crippen LogP contribution in [0.1, 0.15) is 6.42 Å². The van der Waals surface area contributed by atoms with Crippen molar-refractivity contribution in [3.63, 3.8) is 0 Å². The highest BCUT2D eigenvalue weighted by molar-refractivity contribution is 14.1. The number of halogens is 1. The molecule has 9 heavy (non-hydrogen) atoms. The number of carbonyl (C=O) groups excluding carboxylic acids is 1. The van der Waals surface area contributed by atoms with Crippen LogP contribution in [0.25, 0.3) is 0 Å². The topological polar surface area (TPSA) is 26.3 Å². The van der Waals surface area contributed by atoms with Crippen molar-refractivity contribution in [1.82, 2.24) is 0 Å². The third-order valence-corrected chi connectivity index (χ3v) is 2.19. The summed E-state index contributed by atoms with van der Waals surface area (Å²) in [5.74, 6) is -0.225. The normalized spacial score (nSPS) is 26.6. The number of alkyl halides is 1. The van der Waals surface area contributed by atoms with Crippen molar-refractivity contribution in [2.75, 3.05) is 4.43 Å². The zero-order valence-electron chi connectivity index (χ0n) is 4.89. The lowest BCUT2D eigenvalue weighted by molar-refractivity contribution is -0.137. The summed E-state index contributed by atoms with van der Waals surface area (Å²) in [6.07, 6.45) is 0.799. The number of hydrogen-bond acceptors (Lipinski definition) is 2. The van der Waals surface area contributed by atoms with Crippen LogP contribution < -0.4 is 0 Å². The van der Waals surface area contributed by atoms with Gasteiger partial charge in [0.25, 0.3) is 0 Å². The van der Waals surface area contributed by atoms with Crippen LogP contribution in [-0.4, -0.2) is 16.5 Å². The molecule has 0 N–H and O–H groups in total. The lowest BCUT2D eigenvalue weighted by Crippen LogP contribution is -2.06. The van der Waals surface area contributed by atoms with E-state index < -0.39 is 0 Å². The van der Waals surface area contributed by atoms with Gasteiger partial charge in [-0.1, -0.05) is 29.2 Å². The van der Waals surface area contributed by atoms with Crippen LogP contribution >= 0.6 is 22.6 Å². The van der Waals surface area contributed by atoms with E-state index in [0.717, 1.165) is 4.43 Å². The molecule has 3 heteroatoms. The van der Waals surface area contributed by atoms with Crippen molar-refractivity contribution in [2.24, 2.45) is 0 Å². The predicted molar refractivity (Wildman–Crippen MR) is 42.5 cm³/mol. The van der Waals surface area contributed by atoms with E-state index >= 15 is 0 Å². The minimum atomic E-state index is -0.225. The Morgan fingerprint density at radius 3 is 2.78 bits per heavy atom. The first-order chi connectivity index (χ1) is 4.24. The molecule has 2 nitrogen and oxygen atoms in total. The number of hydrogen-bond donors (Lipinski definition) is 0. The molecule has 0 aliphatic carbocycles. The van der Waals surface area contributed by atoms with Gasteiger partial charge in [-0.25, -0.2) is 4.79 Å². The van der Waals surface area contributed by atoms with Crippen molar-refractivity contribution in [3.05, 3.63) is 12.2 Å². The molecule has 1 saturated heterocycles. The predicted octanol–water partition coefficient (Wildman–Crippen LogP) is 1.29. The molecule has 1 fully saturated rings. The highest BCUT2D eigenvalue weighted by Crippen LogP contribution is 2.19. The molecule has 1 atom stereocenters. The van der Waals surface area contributed by atoms with Crippen LogP contribution in [-0.2, 0) is 9.53 Å². The van der Waals surface area contributed by atoms with Crippen molar-refractivity contribution >= 4 is 28.6 Å². The van der Waals surface area contributed by atoms with Gasteiger partial charge in [-0.2, -0.15) is 0 Å². The third kappa shape index (κ3) is 1.44. The fourth-order valence-electron chi connectivity index (χ4n) is 0.721. The van der Waals surface area contributed by atoms with E-state index in [9.17, 15) is 4.79 Å². The Morgan fingerprint density at radius 2 is 2.56 bits per heavy atom. The summed E-state index contributed by atoms with van der Waals surface area (Å²) in [7, 11) is 0. The van der Waals surface area contributed by atoms with Gasteiger partial charge in [0.15, 0.2) is 0 Å². The smallest absolute Gasteiger partial charge is 0.333 e. The lowest BCUT2D eigenvalue weighted by Gasteiger charge is -2.00. The van der Waals surface area contributed by atoms with E-state index in [4.69, 9.17) is 4.74 Å². The highest BCUT2D eigenvalue weighted by Gasteiger charge is 2.25. The number of esters is 1. The first-order valence-corrected chi connectivity index (χ1v) is 4.21. The Kier molecular flexibility index (Phi) is 2.10. The summed E-state index contributed by atoms with van der Waals surface area (Å²) >= 11 is 2.19. The second kappa shape index (κ2) is 2.68. The fraction of sp³-hybridized carbons (Fsp3) is 0.500. The molecule has 1 heterocycles. The fourth-order valence-corrected chi connectivity index (χ4v) is 1.21. The van der Waals surface area contributed by atoms with Gasteiger partial charge < -0.3 is 4.74 Å². The molecule has 0 radical (unpaired) electrons. The van der Waals surface area contributed by atoms with E-state index in [1.807, 2.05) is 0 Å². The SMILES string of the molecule is C=C1CC(CI)OC1=O. The Morgan fingerprint density at radius 1 is 1.89 bits per heavy atom. The second-order valence-electron chi connectivity index (χ2n) is 1.99. The van der Waals surface area contributed by atoms with Crippen molar-refractivity contribution in [3.8, 4) is 0 Å². The Bertz CT molecular complexity index is 137. The maximum absolute atomic E-state index is 10.6. The van der Waals surface area contributed by atoms with E-state index in [2.05, 4.69) is 29.2 Å². The van der Waals surface area contributed by atoms with Crippen LogP contribution in [0, 0.1) is 0 Å².